The molecule has 0 saturated heterocycles. The molecule has 0 rings (SSSR count). The highest BCUT2D eigenvalue weighted by molar-refractivity contribution is 5.76. The zero-order chi connectivity index (χ0) is 13.6. The second-order valence-electron chi connectivity index (χ2n) is 4.30. The Morgan fingerprint density at radius 1 is 0.944 bits per heavy atom. The maximum Gasteiger partial charge on any atom is 0.222 e. The zero-order valence-electron chi connectivity index (χ0n) is 11.0. The molecule has 0 fully saturated rings. The van der Waals surface area contributed by atoms with Gasteiger partial charge in [0.1, 0.15) is 6.29 Å². The number of aldehydes is 1. The van der Waals surface area contributed by atoms with E-state index in [1.54, 1.807) is 0 Å². The van der Waals surface area contributed by atoms with Crippen LogP contribution in [0.3, 0.4) is 0 Å². The fourth-order valence-corrected chi connectivity index (χ4v) is 1.79. The van der Waals surface area contributed by atoms with E-state index in [1.165, 1.54) is 4.90 Å². The molecule has 0 atom stereocenters. The van der Waals surface area contributed by atoms with Crippen LogP contribution in [0.4, 0.5) is 0 Å². The van der Waals surface area contributed by atoms with Crippen LogP contribution >= 0.6 is 0 Å². The second kappa shape index (κ2) is 12.5. The van der Waals surface area contributed by atoms with E-state index in [9.17, 15) is 9.59 Å². The van der Waals surface area contributed by atoms with Crippen LogP contribution in [0.15, 0.2) is 0 Å². The van der Waals surface area contributed by atoms with Crippen molar-refractivity contribution in [1.82, 2.24) is 4.90 Å². The van der Waals surface area contributed by atoms with Crippen molar-refractivity contribution in [2.24, 2.45) is 0 Å². The van der Waals surface area contributed by atoms with Gasteiger partial charge in [-0.25, -0.2) is 0 Å². The maximum atomic E-state index is 11.7. The summed E-state index contributed by atoms with van der Waals surface area (Å²) in [5.41, 5.74) is 0. The summed E-state index contributed by atoms with van der Waals surface area (Å²) in [4.78, 5) is 23.3. The molecule has 106 valence electrons. The van der Waals surface area contributed by atoms with E-state index in [0.29, 0.717) is 25.9 Å². The van der Waals surface area contributed by atoms with E-state index in [-0.39, 0.29) is 19.1 Å². The van der Waals surface area contributed by atoms with Gasteiger partial charge in [-0.15, -0.1) is 0 Å². The Labute approximate surface area is 109 Å². The molecule has 0 bridgehead atoms. The molecule has 0 spiro atoms. The predicted molar refractivity (Wildman–Crippen MR) is 69.1 cm³/mol. The number of nitrogens with zero attached hydrogens (tertiary/aromatic N) is 1. The van der Waals surface area contributed by atoms with Crippen molar-refractivity contribution in [1.29, 1.82) is 0 Å². The minimum absolute atomic E-state index is 0.00834. The molecule has 0 unspecified atom stereocenters. The monoisotopic (exact) mass is 259 g/mol. The Morgan fingerprint density at radius 3 is 2.06 bits per heavy atom. The topological polar surface area (TPSA) is 77.8 Å². The first-order valence-electron chi connectivity index (χ1n) is 6.69. The Bertz CT molecular complexity index is 215. The van der Waals surface area contributed by atoms with E-state index >= 15 is 0 Å². The number of aliphatic hydroxyl groups is 2. The third-order valence-corrected chi connectivity index (χ3v) is 2.81. The largest absolute Gasteiger partial charge is 0.395 e. The van der Waals surface area contributed by atoms with Crippen LogP contribution in [-0.4, -0.2) is 53.6 Å². The van der Waals surface area contributed by atoms with Crippen molar-refractivity contribution in [3.8, 4) is 0 Å². The Morgan fingerprint density at radius 2 is 1.50 bits per heavy atom. The van der Waals surface area contributed by atoms with Crippen molar-refractivity contribution < 1.29 is 19.8 Å². The Kier molecular flexibility index (Phi) is 11.9. The number of carbonyl (C=O) groups is 2. The molecule has 5 nitrogen and oxygen atoms in total. The first-order valence-corrected chi connectivity index (χ1v) is 6.69. The highest BCUT2D eigenvalue weighted by Crippen LogP contribution is 2.08. The van der Waals surface area contributed by atoms with E-state index in [2.05, 4.69) is 0 Å². The van der Waals surface area contributed by atoms with Gasteiger partial charge in [0.15, 0.2) is 0 Å². The predicted octanol–water partition coefficient (Wildman–Crippen LogP) is 0.729. The van der Waals surface area contributed by atoms with Crippen LogP contribution < -0.4 is 0 Å². The van der Waals surface area contributed by atoms with Gasteiger partial charge in [-0.1, -0.05) is 19.3 Å². The lowest BCUT2D eigenvalue weighted by molar-refractivity contribution is -0.132. The van der Waals surface area contributed by atoms with Gasteiger partial charge in [0, 0.05) is 25.9 Å². The minimum Gasteiger partial charge on any atom is -0.395 e. The van der Waals surface area contributed by atoms with Gasteiger partial charge in [0.25, 0.3) is 0 Å². The normalized spacial score (nSPS) is 10.3. The molecule has 0 aliphatic carbocycles. The number of rotatable bonds is 12. The van der Waals surface area contributed by atoms with Crippen LogP contribution in [0.1, 0.15) is 44.9 Å². The van der Waals surface area contributed by atoms with Crippen LogP contribution in [0.2, 0.25) is 0 Å². The molecule has 0 heterocycles. The van der Waals surface area contributed by atoms with E-state index in [4.69, 9.17) is 10.2 Å². The quantitative estimate of drug-likeness (QED) is 0.400. The summed E-state index contributed by atoms with van der Waals surface area (Å²) in [7, 11) is 0. The molecule has 0 aliphatic rings. The lowest BCUT2D eigenvalue weighted by Crippen LogP contribution is -2.35. The van der Waals surface area contributed by atoms with Gasteiger partial charge in [0.2, 0.25) is 5.91 Å². The van der Waals surface area contributed by atoms with Crippen molar-refractivity contribution in [2.75, 3.05) is 26.3 Å². The van der Waals surface area contributed by atoms with Gasteiger partial charge in [-0.05, 0) is 12.8 Å². The molecule has 2 N–H and O–H groups in total. The average Bonchev–Trinajstić information content (AvgIpc) is 2.37. The summed E-state index contributed by atoms with van der Waals surface area (Å²) < 4.78 is 0. The van der Waals surface area contributed by atoms with E-state index < -0.39 is 0 Å². The molecule has 1 amide bonds. The molecule has 0 saturated carbocycles. The fraction of sp³-hybridized carbons (Fsp3) is 0.846. The van der Waals surface area contributed by atoms with Crippen LogP contribution in [0.25, 0.3) is 0 Å². The Hall–Kier alpha value is -0.940. The molecule has 0 aromatic rings. The minimum atomic E-state index is -0.0720. The number of aliphatic hydroxyl groups excluding tert-OH is 2. The van der Waals surface area contributed by atoms with Crippen molar-refractivity contribution in [3.05, 3.63) is 0 Å². The molecule has 0 radical (unpaired) electrons. The zero-order valence-corrected chi connectivity index (χ0v) is 11.0. The summed E-state index contributed by atoms with van der Waals surface area (Å²) in [6.07, 6.45) is 6.84. The summed E-state index contributed by atoms with van der Waals surface area (Å²) >= 11 is 0. The maximum absolute atomic E-state index is 11.7. The first kappa shape index (κ1) is 17.1. The third kappa shape index (κ3) is 9.13. The van der Waals surface area contributed by atoms with Gasteiger partial charge in [-0.3, -0.25) is 4.79 Å². The summed E-state index contributed by atoms with van der Waals surface area (Å²) in [6, 6.07) is 0. The van der Waals surface area contributed by atoms with Crippen LogP contribution in [-0.2, 0) is 9.59 Å². The fourth-order valence-electron chi connectivity index (χ4n) is 1.79. The van der Waals surface area contributed by atoms with E-state index in [0.717, 1.165) is 38.4 Å². The average molecular weight is 259 g/mol. The van der Waals surface area contributed by atoms with Crippen molar-refractivity contribution >= 4 is 12.2 Å². The summed E-state index contributed by atoms with van der Waals surface area (Å²) in [6.45, 7) is 0.437. The standard InChI is InChI=1S/C13H25NO4/c15-10-6-4-2-1-3-5-7-13(18)14(8-11-16)9-12-17/h10,16-17H,1-9,11-12H2. The smallest absolute Gasteiger partial charge is 0.222 e. The van der Waals surface area contributed by atoms with Crippen LogP contribution in [0, 0.1) is 0 Å². The lowest BCUT2D eigenvalue weighted by atomic mass is 10.1. The first-order chi connectivity index (χ1) is 8.76. The summed E-state index contributed by atoms with van der Waals surface area (Å²) in [5, 5.41) is 17.6. The van der Waals surface area contributed by atoms with Gasteiger partial charge in [0.05, 0.1) is 13.2 Å². The van der Waals surface area contributed by atoms with E-state index in [1.807, 2.05) is 0 Å². The molecular weight excluding hydrogens is 234 g/mol. The molecule has 0 aromatic carbocycles. The third-order valence-electron chi connectivity index (χ3n) is 2.81. The molecule has 0 aromatic heterocycles. The number of amides is 1. The van der Waals surface area contributed by atoms with Crippen LogP contribution in [0.5, 0.6) is 0 Å². The Balaban J connectivity index is 3.57. The second-order valence-corrected chi connectivity index (χ2v) is 4.30. The van der Waals surface area contributed by atoms with Gasteiger partial charge >= 0.3 is 0 Å². The molecular formula is C13H25NO4. The van der Waals surface area contributed by atoms with Crippen molar-refractivity contribution in [3.63, 3.8) is 0 Å². The molecule has 18 heavy (non-hydrogen) atoms. The number of unbranched alkanes of at least 4 members (excludes halogenated alkanes) is 5. The lowest BCUT2D eigenvalue weighted by Gasteiger charge is -2.20. The van der Waals surface area contributed by atoms with Gasteiger partial charge < -0.3 is 19.9 Å². The number of hydrogen-bond acceptors (Lipinski definition) is 4. The highest BCUT2D eigenvalue weighted by Gasteiger charge is 2.11. The van der Waals surface area contributed by atoms with Gasteiger partial charge in [-0.2, -0.15) is 0 Å². The van der Waals surface area contributed by atoms with Crippen molar-refractivity contribution in [2.45, 2.75) is 44.9 Å². The number of carbonyl (C=O) groups excluding carboxylic acids is 2. The number of hydrogen-bond donors (Lipinski definition) is 2. The SMILES string of the molecule is O=CCCCCCCCC(=O)N(CCO)CCO. The highest BCUT2D eigenvalue weighted by atomic mass is 16.3. The molecule has 5 heteroatoms. The molecule has 0 aliphatic heterocycles. The summed E-state index contributed by atoms with van der Waals surface area (Å²) in [5.74, 6) is -0.00834.